The Morgan fingerprint density at radius 3 is 1.95 bits per heavy atom. The molecule has 0 saturated heterocycles. The molecule has 4 heteroatoms. The Labute approximate surface area is 126 Å². The molecular formula is C17H23NO3. The Morgan fingerprint density at radius 2 is 1.62 bits per heavy atom. The van der Waals surface area contributed by atoms with Gasteiger partial charge in [-0.1, -0.05) is 27.7 Å². The van der Waals surface area contributed by atoms with Crippen LogP contribution in [-0.2, 0) is 14.3 Å². The van der Waals surface area contributed by atoms with Gasteiger partial charge in [0.25, 0.3) is 0 Å². The molecule has 0 amide bonds. The first-order valence-electron chi connectivity index (χ1n) is 7.15. The van der Waals surface area contributed by atoms with E-state index in [4.69, 9.17) is 9.47 Å². The van der Waals surface area contributed by atoms with Crippen LogP contribution in [0.15, 0.2) is 23.7 Å². The molecule has 1 atom stereocenters. The number of ether oxygens (including phenoxy) is 2. The third-order valence-electron chi connectivity index (χ3n) is 6.04. The Morgan fingerprint density at radius 1 is 1.14 bits per heavy atom. The van der Waals surface area contributed by atoms with E-state index in [1.54, 1.807) is 14.2 Å². The summed E-state index contributed by atoms with van der Waals surface area (Å²) in [6.07, 6.45) is 3.65. The summed E-state index contributed by atoms with van der Waals surface area (Å²) in [5.74, 6) is 0.923. The molecular weight excluding hydrogens is 266 g/mol. The number of ketones is 1. The van der Waals surface area contributed by atoms with E-state index in [1.165, 1.54) is 12.2 Å². The van der Waals surface area contributed by atoms with Crippen molar-refractivity contribution in [3.63, 3.8) is 0 Å². The standard InChI is InChI=1S/C17H23NO3/c1-15(2)11(10-18)9-17(16(15,3)4)13(20-5)7-12(19)8-14(17)21-6/h7-8,11H,9H2,1-6H3. The highest BCUT2D eigenvalue weighted by Crippen LogP contribution is 2.70. The lowest BCUT2D eigenvalue weighted by Gasteiger charge is -2.49. The van der Waals surface area contributed by atoms with Crippen LogP contribution in [-0.4, -0.2) is 20.0 Å². The molecule has 4 nitrogen and oxygen atoms in total. The van der Waals surface area contributed by atoms with Crippen molar-refractivity contribution in [2.75, 3.05) is 14.2 Å². The zero-order valence-corrected chi connectivity index (χ0v) is 13.6. The molecule has 0 aromatic carbocycles. The molecule has 2 rings (SSSR count). The van der Waals surface area contributed by atoms with Gasteiger partial charge in [-0.25, -0.2) is 0 Å². The first-order valence-corrected chi connectivity index (χ1v) is 7.15. The number of carbonyl (C=O) groups excluding carboxylic acids is 1. The number of nitrogens with zero attached hydrogens (tertiary/aromatic N) is 1. The molecule has 1 saturated carbocycles. The van der Waals surface area contributed by atoms with E-state index in [9.17, 15) is 10.1 Å². The lowest BCUT2D eigenvalue weighted by molar-refractivity contribution is -0.112. The quantitative estimate of drug-likeness (QED) is 0.783. The van der Waals surface area contributed by atoms with Gasteiger partial charge in [0.15, 0.2) is 5.78 Å². The van der Waals surface area contributed by atoms with Crippen molar-refractivity contribution in [1.29, 1.82) is 5.26 Å². The van der Waals surface area contributed by atoms with Gasteiger partial charge in [0.2, 0.25) is 0 Å². The van der Waals surface area contributed by atoms with Gasteiger partial charge < -0.3 is 9.47 Å². The van der Waals surface area contributed by atoms with Crippen molar-refractivity contribution < 1.29 is 14.3 Å². The van der Waals surface area contributed by atoms with Crippen LogP contribution in [0.3, 0.4) is 0 Å². The smallest absolute Gasteiger partial charge is 0.185 e. The number of rotatable bonds is 2. The van der Waals surface area contributed by atoms with Gasteiger partial charge in [0.05, 0.1) is 31.6 Å². The first-order chi connectivity index (χ1) is 9.68. The maximum absolute atomic E-state index is 11.9. The Bertz CT molecular complexity index is 551. The first kappa shape index (κ1) is 15.6. The Balaban J connectivity index is 2.74. The van der Waals surface area contributed by atoms with E-state index >= 15 is 0 Å². The van der Waals surface area contributed by atoms with Gasteiger partial charge in [-0.2, -0.15) is 5.26 Å². The highest BCUT2D eigenvalue weighted by atomic mass is 16.5. The third kappa shape index (κ3) is 1.70. The monoisotopic (exact) mass is 289 g/mol. The average Bonchev–Trinajstić information content (AvgIpc) is 2.58. The van der Waals surface area contributed by atoms with Crippen molar-refractivity contribution in [2.45, 2.75) is 34.1 Å². The van der Waals surface area contributed by atoms with Gasteiger partial charge in [0, 0.05) is 12.2 Å². The summed E-state index contributed by atoms with van der Waals surface area (Å²) in [6, 6.07) is 2.43. The Hall–Kier alpha value is -1.76. The Kier molecular flexibility index (Phi) is 3.44. The third-order valence-corrected chi connectivity index (χ3v) is 6.04. The normalized spacial score (nSPS) is 28.6. The van der Waals surface area contributed by atoms with Gasteiger partial charge >= 0.3 is 0 Å². The van der Waals surface area contributed by atoms with E-state index in [2.05, 4.69) is 33.8 Å². The van der Waals surface area contributed by atoms with Crippen molar-refractivity contribution >= 4 is 5.78 Å². The summed E-state index contributed by atoms with van der Waals surface area (Å²) < 4.78 is 11.1. The van der Waals surface area contributed by atoms with Crippen LogP contribution in [0.25, 0.3) is 0 Å². The number of hydrogen-bond acceptors (Lipinski definition) is 4. The molecule has 2 aliphatic carbocycles. The summed E-state index contributed by atoms with van der Waals surface area (Å²) in [5, 5.41) is 9.58. The van der Waals surface area contributed by atoms with Gasteiger partial charge in [-0.05, 0) is 17.3 Å². The van der Waals surface area contributed by atoms with E-state index in [-0.39, 0.29) is 22.5 Å². The lowest BCUT2D eigenvalue weighted by atomic mass is 9.56. The fourth-order valence-electron chi connectivity index (χ4n) is 3.96. The minimum atomic E-state index is -0.575. The van der Waals surface area contributed by atoms with Crippen LogP contribution in [0, 0.1) is 33.5 Å². The molecule has 0 aromatic heterocycles. The second-order valence-electron chi connectivity index (χ2n) is 6.97. The molecule has 0 aliphatic heterocycles. The van der Waals surface area contributed by atoms with Gasteiger partial charge in [0.1, 0.15) is 11.5 Å². The SMILES string of the molecule is COC1=CC(=O)C=C(OC)C12CC(C#N)C(C)(C)C2(C)C. The number of methoxy groups -OCH3 is 2. The van der Waals surface area contributed by atoms with Crippen molar-refractivity contribution in [3.8, 4) is 6.07 Å². The summed E-state index contributed by atoms with van der Waals surface area (Å²) in [6.45, 7) is 8.46. The number of allylic oxidation sites excluding steroid dienone is 2. The van der Waals surface area contributed by atoms with E-state index in [0.29, 0.717) is 17.9 Å². The minimum absolute atomic E-state index is 0.136. The van der Waals surface area contributed by atoms with Crippen molar-refractivity contribution in [3.05, 3.63) is 23.7 Å². The zero-order chi connectivity index (χ0) is 16.1. The van der Waals surface area contributed by atoms with E-state index < -0.39 is 5.41 Å². The summed E-state index contributed by atoms with van der Waals surface area (Å²) in [5.41, 5.74) is -1.11. The zero-order valence-electron chi connectivity index (χ0n) is 13.6. The molecule has 0 heterocycles. The van der Waals surface area contributed by atoms with Crippen LogP contribution >= 0.6 is 0 Å². The topological polar surface area (TPSA) is 59.3 Å². The molecule has 1 unspecified atom stereocenters. The van der Waals surface area contributed by atoms with Crippen LogP contribution < -0.4 is 0 Å². The molecule has 1 spiro atoms. The summed E-state index contributed by atoms with van der Waals surface area (Å²) in [4.78, 5) is 11.9. The molecule has 0 N–H and O–H groups in total. The molecule has 2 aliphatic rings. The fourth-order valence-corrected chi connectivity index (χ4v) is 3.96. The predicted molar refractivity (Wildman–Crippen MR) is 78.9 cm³/mol. The molecule has 114 valence electrons. The molecule has 1 fully saturated rings. The molecule has 0 aromatic rings. The lowest BCUT2D eigenvalue weighted by Crippen LogP contribution is -2.45. The minimum Gasteiger partial charge on any atom is -0.500 e. The van der Waals surface area contributed by atoms with Crippen molar-refractivity contribution in [1.82, 2.24) is 0 Å². The summed E-state index contributed by atoms with van der Waals surface area (Å²) in [7, 11) is 3.14. The van der Waals surface area contributed by atoms with Crippen LogP contribution in [0.1, 0.15) is 34.1 Å². The largest absolute Gasteiger partial charge is 0.500 e. The molecule has 0 radical (unpaired) electrons. The fraction of sp³-hybridized carbons (Fsp3) is 0.647. The van der Waals surface area contributed by atoms with Gasteiger partial charge in [-0.3, -0.25) is 4.79 Å². The number of nitriles is 1. The molecule has 0 bridgehead atoms. The highest BCUT2D eigenvalue weighted by Gasteiger charge is 2.68. The second kappa shape index (κ2) is 4.62. The maximum atomic E-state index is 11.9. The summed E-state index contributed by atoms with van der Waals surface area (Å²) >= 11 is 0. The van der Waals surface area contributed by atoms with Crippen LogP contribution in [0.5, 0.6) is 0 Å². The highest BCUT2D eigenvalue weighted by molar-refractivity contribution is 6.01. The number of hydrogen-bond donors (Lipinski definition) is 0. The van der Waals surface area contributed by atoms with E-state index in [1.807, 2.05) is 0 Å². The van der Waals surface area contributed by atoms with Crippen LogP contribution in [0.2, 0.25) is 0 Å². The molecule has 21 heavy (non-hydrogen) atoms. The van der Waals surface area contributed by atoms with Crippen molar-refractivity contribution in [2.24, 2.45) is 22.2 Å². The predicted octanol–water partition coefficient (Wildman–Crippen LogP) is 3.21. The van der Waals surface area contributed by atoms with Gasteiger partial charge in [-0.15, -0.1) is 0 Å². The van der Waals surface area contributed by atoms with Crippen LogP contribution in [0.4, 0.5) is 0 Å². The van der Waals surface area contributed by atoms with E-state index in [0.717, 1.165) is 0 Å². The average molecular weight is 289 g/mol. The number of carbonyl (C=O) groups is 1. The maximum Gasteiger partial charge on any atom is 0.185 e. The second-order valence-corrected chi connectivity index (χ2v) is 6.97.